The highest BCUT2D eigenvalue weighted by Gasteiger charge is 2.30. The molecule has 4 nitrogen and oxygen atoms in total. The third-order valence-corrected chi connectivity index (χ3v) is 2.47. The Kier molecular flexibility index (Phi) is 4.26. The predicted octanol–water partition coefficient (Wildman–Crippen LogP) is 2.48. The molecule has 0 spiro atoms. The summed E-state index contributed by atoms with van der Waals surface area (Å²) in [6, 6.07) is 8.74. The van der Waals surface area contributed by atoms with Gasteiger partial charge in [0.2, 0.25) is 0 Å². The standard InChI is InChI=1S/C13H16O4/c1-13(2,9-8-11(14)15)12(16)17-10-6-4-3-5-7-10/h3-7H,8-9H2,1-2H3,(H,14,15). The fraction of sp³-hybridized carbons (Fsp3) is 0.385. The molecule has 0 radical (unpaired) electrons. The van der Waals surface area contributed by atoms with Gasteiger partial charge in [0.05, 0.1) is 5.41 Å². The van der Waals surface area contributed by atoms with Crippen molar-refractivity contribution in [1.29, 1.82) is 0 Å². The SMILES string of the molecule is CC(C)(CCC(=O)O)C(=O)Oc1ccccc1. The Morgan fingerprint density at radius 2 is 1.82 bits per heavy atom. The summed E-state index contributed by atoms with van der Waals surface area (Å²) in [5.41, 5.74) is -0.797. The van der Waals surface area contributed by atoms with E-state index >= 15 is 0 Å². The summed E-state index contributed by atoms with van der Waals surface area (Å²) < 4.78 is 5.18. The first kappa shape index (κ1) is 13.2. The monoisotopic (exact) mass is 236 g/mol. The second-order valence-corrected chi connectivity index (χ2v) is 4.48. The Morgan fingerprint density at radius 1 is 1.24 bits per heavy atom. The molecule has 1 rings (SSSR count). The fourth-order valence-electron chi connectivity index (χ4n) is 1.26. The van der Waals surface area contributed by atoms with E-state index in [1.165, 1.54) is 0 Å². The van der Waals surface area contributed by atoms with Crippen LogP contribution in [0.2, 0.25) is 0 Å². The molecular formula is C13H16O4. The molecule has 0 aliphatic carbocycles. The van der Waals surface area contributed by atoms with Crippen LogP contribution in [0, 0.1) is 5.41 Å². The summed E-state index contributed by atoms with van der Waals surface area (Å²) in [6.45, 7) is 3.36. The number of hydrogen-bond acceptors (Lipinski definition) is 3. The first-order valence-electron chi connectivity index (χ1n) is 5.41. The van der Waals surface area contributed by atoms with Gasteiger partial charge in [0.15, 0.2) is 0 Å². The smallest absolute Gasteiger partial charge is 0.316 e. The van der Waals surface area contributed by atoms with E-state index in [9.17, 15) is 9.59 Å². The van der Waals surface area contributed by atoms with E-state index < -0.39 is 17.4 Å². The second kappa shape index (κ2) is 5.48. The Labute approximate surface area is 100 Å². The van der Waals surface area contributed by atoms with E-state index in [2.05, 4.69) is 0 Å². The summed E-state index contributed by atoms with van der Waals surface area (Å²) >= 11 is 0. The van der Waals surface area contributed by atoms with Crippen molar-refractivity contribution in [1.82, 2.24) is 0 Å². The summed E-state index contributed by atoms with van der Waals surface area (Å²) in [7, 11) is 0. The number of carboxylic acids is 1. The van der Waals surface area contributed by atoms with Crippen molar-refractivity contribution >= 4 is 11.9 Å². The number of ether oxygens (including phenoxy) is 1. The van der Waals surface area contributed by atoms with Crippen LogP contribution in [0.3, 0.4) is 0 Å². The lowest BCUT2D eigenvalue weighted by Crippen LogP contribution is -2.29. The maximum Gasteiger partial charge on any atom is 0.316 e. The van der Waals surface area contributed by atoms with Crippen molar-refractivity contribution in [3.63, 3.8) is 0 Å². The van der Waals surface area contributed by atoms with Gasteiger partial charge in [-0.3, -0.25) is 9.59 Å². The highest BCUT2D eigenvalue weighted by molar-refractivity contribution is 5.79. The molecule has 4 heteroatoms. The van der Waals surface area contributed by atoms with Crippen LogP contribution in [0.15, 0.2) is 30.3 Å². The second-order valence-electron chi connectivity index (χ2n) is 4.48. The third-order valence-electron chi connectivity index (χ3n) is 2.47. The molecule has 0 amide bonds. The maximum atomic E-state index is 11.8. The zero-order valence-corrected chi connectivity index (χ0v) is 9.97. The molecule has 1 N–H and O–H groups in total. The van der Waals surface area contributed by atoms with Gasteiger partial charge in [0, 0.05) is 6.42 Å². The van der Waals surface area contributed by atoms with Crippen LogP contribution < -0.4 is 4.74 Å². The molecule has 0 atom stereocenters. The molecule has 0 aromatic heterocycles. The van der Waals surface area contributed by atoms with Gasteiger partial charge in [-0.2, -0.15) is 0 Å². The molecule has 0 bridgehead atoms. The number of rotatable bonds is 5. The van der Waals surface area contributed by atoms with Crippen LogP contribution in [-0.4, -0.2) is 17.0 Å². The predicted molar refractivity (Wildman–Crippen MR) is 62.7 cm³/mol. The van der Waals surface area contributed by atoms with Crippen molar-refractivity contribution in [3.05, 3.63) is 30.3 Å². The van der Waals surface area contributed by atoms with Crippen molar-refractivity contribution in [2.75, 3.05) is 0 Å². The quantitative estimate of drug-likeness (QED) is 0.630. The number of carboxylic acid groups (broad SMARTS) is 1. The maximum absolute atomic E-state index is 11.8. The molecule has 0 fully saturated rings. The molecule has 0 saturated heterocycles. The number of carbonyl (C=O) groups excluding carboxylic acids is 1. The topological polar surface area (TPSA) is 63.6 Å². The molecule has 92 valence electrons. The molecule has 1 aromatic rings. The Morgan fingerprint density at radius 3 is 2.35 bits per heavy atom. The number of esters is 1. The molecular weight excluding hydrogens is 220 g/mol. The van der Waals surface area contributed by atoms with Crippen LogP contribution in [0.1, 0.15) is 26.7 Å². The van der Waals surface area contributed by atoms with Gasteiger partial charge < -0.3 is 9.84 Å². The molecule has 0 aliphatic heterocycles. The van der Waals surface area contributed by atoms with E-state index in [-0.39, 0.29) is 12.8 Å². The van der Waals surface area contributed by atoms with Crippen LogP contribution in [0.5, 0.6) is 5.75 Å². The largest absolute Gasteiger partial charge is 0.481 e. The van der Waals surface area contributed by atoms with E-state index in [4.69, 9.17) is 9.84 Å². The Hall–Kier alpha value is -1.84. The van der Waals surface area contributed by atoms with Gasteiger partial charge >= 0.3 is 11.9 Å². The number of benzene rings is 1. The van der Waals surface area contributed by atoms with Crippen LogP contribution in [0.25, 0.3) is 0 Å². The summed E-state index contributed by atoms with van der Waals surface area (Å²) in [6.07, 6.45) is 0.213. The number of para-hydroxylation sites is 1. The minimum absolute atomic E-state index is 0.0448. The van der Waals surface area contributed by atoms with Gasteiger partial charge in [0.25, 0.3) is 0 Å². The zero-order chi connectivity index (χ0) is 12.9. The van der Waals surface area contributed by atoms with Crippen molar-refractivity contribution in [2.45, 2.75) is 26.7 Å². The van der Waals surface area contributed by atoms with Crippen molar-refractivity contribution < 1.29 is 19.4 Å². The van der Waals surface area contributed by atoms with E-state index in [0.29, 0.717) is 5.75 Å². The molecule has 17 heavy (non-hydrogen) atoms. The number of aliphatic carboxylic acids is 1. The van der Waals surface area contributed by atoms with Gasteiger partial charge in [-0.05, 0) is 32.4 Å². The molecule has 0 unspecified atom stereocenters. The Bertz CT molecular complexity index is 395. The van der Waals surface area contributed by atoms with Gasteiger partial charge in [-0.1, -0.05) is 18.2 Å². The molecule has 0 heterocycles. The number of carbonyl (C=O) groups is 2. The van der Waals surface area contributed by atoms with Crippen LogP contribution in [0.4, 0.5) is 0 Å². The molecule has 1 aromatic carbocycles. The highest BCUT2D eigenvalue weighted by atomic mass is 16.5. The van der Waals surface area contributed by atoms with Gasteiger partial charge in [0.1, 0.15) is 5.75 Å². The summed E-state index contributed by atoms with van der Waals surface area (Å²) in [5, 5.41) is 8.60. The average Bonchev–Trinajstić information content (AvgIpc) is 2.28. The summed E-state index contributed by atoms with van der Waals surface area (Å²) in [5.74, 6) is -0.851. The third kappa shape index (κ3) is 4.26. The molecule has 0 saturated carbocycles. The normalized spacial score (nSPS) is 10.9. The van der Waals surface area contributed by atoms with E-state index in [1.54, 1.807) is 38.1 Å². The lowest BCUT2D eigenvalue weighted by molar-refractivity contribution is -0.145. The van der Waals surface area contributed by atoms with Gasteiger partial charge in [-0.15, -0.1) is 0 Å². The fourth-order valence-corrected chi connectivity index (χ4v) is 1.26. The van der Waals surface area contributed by atoms with Crippen LogP contribution >= 0.6 is 0 Å². The van der Waals surface area contributed by atoms with E-state index in [1.807, 2.05) is 6.07 Å². The minimum atomic E-state index is -0.911. The Balaban J connectivity index is 2.60. The first-order chi connectivity index (χ1) is 7.92. The minimum Gasteiger partial charge on any atom is -0.481 e. The first-order valence-corrected chi connectivity index (χ1v) is 5.41. The average molecular weight is 236 g/mol. The van der Waals surface area contributed by atoms with Crippen molar-refractivity contribution in [2.24, 2.45) is 5.41 Å². The van der Waals surface area contributed by atoms with Crippen LogP contribution in [-0.2, 0) is 9.59 Å². The highest BCUT2D eigenvalue weighted by Crippen LogP contribution is 2.25. The van der Waals surface area contributed by atoms with E-state index in [0.717, 1.165) is 0 Å². The lowest BCUT2D eigenvalue weighted by Gasteiger charge is -2.21. The molecule has 0 aliphatic rings. The number of hydrogen-bond donors (Lipinski definition) is 1. The lowest BCUT2D eigenvalue weighted by atomic mass is 9.88. The zero-order valence-electron chi connectivity index (χ0n) is 9.97. The summed E-state index contributed by atoms with van der Waals surface area (Å²) in [4.78, 5) is 22.3. The van der Waals surface area contributed by atoms with Crippen molar-refractivity contribution in [3.8, 4) is 5.75 Å². The van der Waals surface area contributed by atoms with Gasteiger partial charge in [-0.25, -0.2) is 0 Å².